The van der Waals surface area contributed by atoms with Gasteiger partial charge in [0.2, 0.25) is 0 Å². The molecular formula is C18H23NO6. The van der Waals surface area contributed by atoms with Gasteiger partial charge in [0.1, 0.15) is 5.60 Å². The second-order valence-electron chi connectivity index (χ2n) is 6.52. The van der Waals surface area contributed by atoms with Crippen LogP contribution >= 0.6 is 0 Å². The molecule has 0 aliphatic carbocycles. The first-order valence-corrected chi connectivity index (χ1v) is 7.93. The van der Waals surface area contributed by atoms with Gasteiger partial charge in [-0.25, -0.2) is 9.59 Å². The van der Waals surface area contributed by atoms with Crippen molar-refractivity contribution in [1.29, 1.82) is 0 Å². The monoisotopic (exact) mass is 349 g/mol. The smallest absolute Gasteiger partial charge is 0.415 e. The van der Waals surface area contributed by atoms with E-state index in [9.17, 15) is 14.7 Å². The Labute approximate surface area is 146 Å². The van der Waals surface area contributed by atoms with Crippen molar-refractivity contribution < 1.29 is 28.9 Å². The molecule has 0 radical (unpaired) electrons. The van der Waals surface area contributed by atoms with Gasteiger partial charge >= 0.3 is 12.1 Å². The summed E-state index contributed by atoms with van der Waals surface area (Å²) < 4.78 is 16.3. The number of rotatable bonds is 5. The minimum absolute atomic E-state index is 0.141. The lowest BCUT2D eigenvalue weighted by molar-refractivity contribution is -0.205. The van der Waals surface area contributed by atoms with Crippen molar-refractivity contribution in [3.8, 4) is 0 Å². The minimum Gasteiger partial charge on any atom is -0.477 e. The van der Waals surface area contributed by atoms with Crippen LogP contribution in [0.15, 0.2) is 36.9 Å². The van der Waals surface area contributed by atoms with Crippen molar-refractivity contribution in [2.75, 3.05) is 24.7 Å². The summed E-state index contributed by atoms with van der Waals surface area (Å²) in [6, 6.07) is 6.55. The van der Waals surface area contributed by atoms with E-state index in [1.165, 1.54) is 11.0 Å². The zero-order chi connectivity index (χ0) is 18.7. The predicted molar refractivity (Wildman–Crippen MR) is 91.4 cm³/mol. The van der Waals surface area contributed by atoms with E-state index in [0.29, 0.717) is 5.69 Å². The van der Waals surface area contributed by atoms with E-state index in [4.69, 9.17) is 14.2 Å². The first-order valence-electron chi connectivity index (χ1n) is 7.93. The number of ether oxygens (including phenoxy) is 3. The van der Waals surface area contributed by atoms with Gasteiger partial charge in [-0.05, 0) is 26.8 Å². The third kappa shape index (κ3) is 4.00. The third-order valence-electron chi connectivity index (χ3n) is 3.45. The van der Waals surface area contributed by atoms with Crippen LogP contribution < -0.4 is 4.90 Å². The minimum atomic E-state index is -1.95. The molecule has 0 saturated carbocycles. The second kappa shape index (κ2) is 7.25. The van der Waals surface area contributed by atoms with Gasteiger partial charge in [-0.1, -0.05) is 24.3 Å². The van der Waals surface area contributed by atoms with E-state index in [1.54, 1.807) is 45.0 Å². The molecule has 1 amide bonds. The maximum atomic E-state index is 12.6. The van der Waals surface area contributed by atoms with Crippen LogP contribution in [0.4, 0.5) is 10.5 Å². The Hall–Kier alpha value is -2.38. The zero-order valence-electron chi connectivity index (χ0n) is 14.7. The zero-order valence-corrected chi connectivity index (χ0v) is 14.7. The van der Waals surface area contributed by atoms with Crippen molar-refractivity contribution >= 4 is 17.7 Å². The molecule has 1 saturated heterocycles. The highest BCUT2D eigenvalue weighted by atomic mass is 16.8. The summed E-state index contributed by atoms with van der Waals surface area (Å²) in [6.45, 7) is 9.36. The average molecular weight is 349 g/mol. The van der Waals surface area contributed by atoms with E-state index in [0.717, 1.165) is 0 Å². The van der Waals surface area contributed by atoms with E-state index in [2.05, 4.69) is 6.58 Å². The molecule has 0 spiro atoms. The standard InChI is InChI=1S/C18H23NO6/c1-5-10-19(16(22)25-17(2,3)4)14-9-7-6-8-13(14)18(15(20)21)23-11-12-24-18/h5-9H,1,10-12H2,2-4H3,(H,20,21). The Morgan fingerprint density at radius 3 is 2.44 bits per heavy atom. The van der Waals surface area contributed by atoms with Crippen LogP contribution in [0.1, 0.15) is 26.3 Å². The van der Waals surface area contributed by atoms with Gasteiger partial charge in [0, 0.05) is 12.1 Å². The van der Waals surface area contributed by atoms with Crippen molar-refractivity contribution in [2.45, 2.75) is 32.2 Å². The summed E-state index contributed by atoms with van der Waals surface area (Å²) in [5, 5.41) is 9.67. The number of carbonyl (C=O) groups excluding carboxylic acids is 1. The van der Waals surface area contributed by atoms with Crippen LogP contribution in [0.3, 0.4) is 0 Å². The molecule has 1 aromatic carbocycles. The number of para-hydroxylation sites is 1. The number of nitrogens with zero attached hydrogens (tertiary/aromatic N) is 1. The SMILES string of the molecule is C=CCN(C(=O)OC(C)(C)C)c1ccccc1C1(C(=O)O)OCCO1. The molecule has 1 aliphatic rings. The fourth-order valence-electron chi connectivity index (χ4n) is 2.51. The fourth-order valence-corrected chi connectivity index (χ4v) is 2.51. The molecule has 1 fully saturated rings. The van der Waals surface area contributed by atoms with Crippen LogP contribution in [0.25, 0.3) is 0 Å². The van der Waals surface area contributed by atoms with Crippen LogP contribution in [0.2, 0.25) is 0 Å². The van der Waals surface area contributed by atoms with Gasteiger partial charge in [0.05, 0.1) is 18.9 Å². The number of carbonyl (C=O) groups is 2. The number of anilines is 1. The molecule has 0 aromatic heterocycles. The van der Waals surface area contributed by atoms with Crippen LogP contribution in [-0.4, -0.2) is 42.5 Å². The molecule has 7 heteroatoms. The van der Waals surface area contributed by atoms with Crippen molar-refractivity contribution in [3.63, 3.8) is 0 Å². The Balaban J connectivity index is 2.51. The quantitative estimate of drug-likeness (QED) is 0.823. The Kier molecular flexibility index (Phi) is 5.49. The van der Waals surface area contributed by atoms with E-state index < -0.39 is 23.5 Å². The molecular weight excluding hydrogens is 326 g/mol. The summed E-state index contributed by atoms with van der Waals surface area (Å²) in [5.41, 5.74) is -0.135. The van der Waals surface area contributed by atoms with Gasteiger partial charge < -0.3 is 19.3 Å². The highest BCUT2D eigenvalue weighted by molar-refractivity contribution is 5.91. The summed E-state index contributed by atoms with van der Waals surface area (Å²) in [5.74, 6) is -3.22. The van der Waals surface area contributed by atoms with Crippen LogP contribution in [0.5, 0.6) is 0 Å². The highest BCUT2D eigenvalue weighted by Crippen LogP contribution is 2.38. The van der Waals surface area contributed by atoms with Crippen molar-refractivity contribution in [3.05, 3.63) is 42.5 Å². The second-order valence-corrected chi connectivity index (χ2v) is 6.52. The normalized spacial score (nSPS) is 16.3. The lowest BCUT2D eigenvalue weighted by atomic mass is 10.0. The van der Waals surface area contributed by atoms with E-state index in [-0.39, 0.29) is 25.3 Å². The number of aliphatic carboxylic acids is 1. The summed E-state index contributed by atoms with van der Waals surface area (Å²) in [6.07, 6.45) is 0.920. The first-order chi connectivity index (χ1) is 11.7. The molecule has 1 aliphatic heterocycles. The Morgan fingerprint density at radius 1 is 1.32 bits per heavy atom. The topological polar surface area (TPSA) is 85.3 Å². The molecule has 2 rings (SSSR count). The molecule has 0 bridgehead atoms. The third-order valence-corrected chi connectivity index (χ3v) is 3.45. The fraction of sp³-hybridized carbons (Fsp3) is 0.444. The summed E-state index contributed by atoms with van der Waals surface area (Å²) in [4.78, 5) is 25.8. The van der Waals surface area contributed by atoms with E-state index >= 15 is 0 Å². The Morgan fingerprint density at radius 2 is 1.92 bits per heavy atom. The first kappa shape index (κ1) is 19.0. The van der Waals surface area contributed by atoms with Gasteiger partial charge in [0.15, 0.2) is 0 Å². The predicted octanol–water partition coefficient (Wildman–Crippen LogP) is 2.90. The number of hydrogen-bond acceptors (Lipinski definition) is 5. The molecule has 7 nitrogen and oxygen atoms in total. The Bertz CT molecular complexity index is 658. The molecule has 1 N–H and O–H groups in total. The van der Waals surface area contributed by atoms with Crippen molar-refractivity contribution in [1.82, 2.24) is 0 Å². The number of benzene rings is 1. The van der Waals surface area contributed by atoms with Crippen molar-refractivity contribution in [2.24, 2.45) is 0 Å². The number of hydrogen-bond donors (Lipinski definition) is 1. The summed E-state index contributed by atoms with van der Waals surface area (Å²) in [7, 11) is 0. The van der Waals surface area contributed by atoms with Gasteiger partial charge in [0.25, 0.3) is 5.79 Å². The lowest BCUT2D eigenvalue weighted by Crippen LogP contribution is -2.42. The highest BCUT2D eigenvalue weighted by Gasteiger charge is 2.49. The van der Waals surface area contributed by atoms with Crippen LogP contribution in [0, 0.1) is 0 Å². The maximum absolute atomic E-state index is 12.6. The molecule has 25 heavy (non-hydrogen) atoms. The average Bonchev–Trinajstić information content (AvgIpc) is 3.02. The molecule has 0 unspecified atom stereocenters. The lowest BCUT2D eigenvalue weighted by Gasteiger charge is -2.31. The van der Waals surface area contributed by atoms with Gasteiger partial charge in [-0.2, -0.15) is 0 Å². The number of carboxylic acids is 1. The molecule has 0 atom stereocenters. The molecule has 136 valence electrons. The van der Waals surface area contributed by atoms with E-state index in [1.807, 2.05) is 0 Å². The molecule has 1 aromatic rings. The largest absolute Gasteiger partial charge is 0.477 e. The molecule has 1 heterocycles. The van der Waals surface area contributed by atoms with Gasteiger partial charge in [-0.15, -0.1) is 6.58 Å². The van der Waals surface area contributed by atoms with Gasteiger partial charge in [-0.3, -0.25) is 4.90 Å². The number of amides is 1. The maximum Gasteiger partial charge on any atom is 0.415 e. The van der Waals surface area contributed by atoms with Crippen LogP contribution in [-0.2, 0) is 24.8 Å². The number of carboxylic acid groups (broad SMARTS) is 1. The summed E-state index contributed by atoms with van der Waals surface area (Å²) >= 11 is 0.